The first-order valence-electron chi connectivity index (χ1n) is 13.0. The molecule has 0 bridgehead atoms. The summed E-state index contributed by atoms with van der Waals surface area (Å²) in [5.74, 6) is 0.723. The summed E-state index contributed by atoms with van der Waals surface area (Å²) in [4.78, 5) is 34.8. The van der Waals surface area contributed by atoms with Gasteiger partial charge in [-0.15, -0.1) is 0 Å². The summed E-state index contributed by atoms with van der Waals surface area (Å²) in [6, 6.07) is 3.42. The van der Waals surface area contributed by atoms with Crippen molar-refractivity contribution in [3.63, 3.8) is 0 Å². The molecule has 0 radical (unpaired) electrons. The molecule has 0 aliphatic carbocycles. The molecule has 0 aromatic carbocycles. The Morgan fingerprint density at radius 2 is 1.93 bits per heavy atom. The SMILES string of the molecule is Cc1c(N2CCc3cnc(Nc4ccc(CS(C)(=O)=O)nc4)nc3C2)cnc2c1N(C(=O)OC(C)(C)C)CCO2. The molecule has 13 heteroatoms. The molecule has 12 nitrogen and oxygen atoms in total. The van der Waals surface area contributed by atoms with Crippen LogP contribution >= 0.6 is 0 Å². The van der Waals surface area contributed by atoms with Gasteiger partial charge in [0.1, 0.15) is 17.9 Å². The predicted molar refractivity (Wildman–Crippen MR) is 151 cm³/mol. The lowest BCUT2D eigenvalue weighted by Gasteiger charge is -2.35. The number of anilines is 4. The third-order valence-corrected chi connectivity index (χ3v) is 7.28. The molecular formula is C27H33N7O5S. The maximum absolute atomic E-state index is 13.0. The van der Waals surface area contributed by atoms with E-state index in [2.05, 4.69) is 25.2 Å². The summed E-state index contributed by atoms with van der Waals surface area (Å²) in [5, 5.41) is 3.15. The van der Waals surface area contributed by atoms with Gasteiger partial charge in [-0.05, 0) is 51.8 Å². The minimum atomic E-state index is -3.16. The van der Waals surface area contributed by atoms with Crippen LogP contribution in [-0.4, -0.2) is 66.0 Å². The standard InChI is InChI=1S/C27H33N7O5S/c1-17-22(14-29-24-23(17)34(10-11-38-24)26(35)39-27(2,3)4)33-9-8-18-12-30-25(32-21(18)15-33)31-19-6-7-20(28-13-19)16-40(5,36)37/h6-7,12-14H,8-11,15-16H2,1-5H3,(H,30,31,32). The molecule has 3 aromatic rings. The van der Waals surface area contributed by atoms with Crippen molar-refractivity contribution in [1.29, 1.82) is 0 Å². The average molecular weight is 568 g/mol. The molecule has 3 aromatic heterocycles. The third kappa shape index (κ3) is 6.24. The number of rotatable bonds is 5. The molecule has 1 amide bonds. The minimum absolute atomic E-state index is 0.114. The number of pyridine rings is 2. The van der Waals surface area contributed by atoms with Crippen molar-refractivity contribution in [3.05, 3.63) is 53.2 Å². The highest BCUT2D eigenvalue weighted by Gasteiger charge is 2.32. The van der Waals surface area contributed by atoms with Gasteiger partial charge in [-0.3, -0.25) is 9.88 Å². The Balaban J connectivity index is 1.35. The van der Waals surface area contributed by atoms with Crippen LogP contribution < -0.4 is 19.9 Å². The summed E-state index contributed by atoms with van der Waals surface area (Å²) in [5.41, 5.74) is 4.84. The van der Waals surface area contributed by atoms with Crippen LogP contribution in [0.1, 0.15) is 43.3 Å². The second-order valence-electron chi connectivity index (χ2n) is 11.0. The van der Waals surface area contributed by atoms with E-state index in [4.69, 9.17) is 14.5 Å². The summed E-state index contributed by atoms with van der Waals surface area (Å²) in [7, 11) is -3.16. The average Bonchev–Trinajstić information content (AvgIpc) is 2.87. The van der Waals surface area contributed by atoms with E-state index >= 15 is 0 Å². The Kier molecular flexibility index (Phi) is 7.25. The molecular weight excluding hydrogens is 534 g/mol. The zero-order chi connectivity index (χ0) is 28.7. The lowest BCUT2D eigenvalue weighted by molar-refractivity contribution is 0.0566. The zero-order valence-corrected chi connectivity index (χ0v) is 24.1. The van der Waals surface area contributed by atoms with Gasteiger partial charge in [0.2, 0.25) is 11.8 Å². The van der Waals surface area contributed by atoms with Crippen molar-refractivity contribution in [1.82, 2.24) is 19.9 Å². The van der Waals surface area contributed by atoms with E-state index in [1.807, 2.05) is 33.9 Å². The number of amides is 1. The fourth-order valence-electron chi connectivity index (χ4n) is 4.70. The highest BCUT2D eigenvalue weighted by Crippen LogP contribution is 2.39. The van der Waals surface area contributed by atoms with E-state index in [-0.39, 0.29) is 5.75 Å². The number of carbonyl (C=O) groups is 1. The van der Waals surface area contributed by atoms with E-state index in [0.29, 0.717) is 48.6 Å². The maximum Gasteiger partial charge on any atom is 0.415 e. The van der Waals surface area contributed by atoms with Gasteiger partial charge in [0, 0.05) is 24.6 Å². The van der Waals surface area contributed by atoms with Crippen molar-refractivity contribution in [2.45, 2.75) is 52.0 Å². The van der Waals surface area contributed by atoms with Gasteiger partial charge in [-0.25, -0.2) is 28.2 Å². The summed E-state index contributed by atoms with van der Waals surface area (Å²) >= 11 is 0. The highest BCUT2D eigenvalue weighted by molar-refractivity contribution is 7.89. The molecule has 0 spiro atoms. The van der Waals surface area contributed by atoms with Gasteiger partial charge in [0.05, 0.1) is 54.0 Å². The molecule has 5 heterocycles. The van der Waals surface area contributed by atoms with E-state index in [9.17, 15) is 13.2 Å². The van der Waals surface area contributed by atoms with Gasteiger partial charge >= 0.3 is 6.09 Å². The molecule has 1 N–H and O–H groups in total. The second-order valence-corrected chi connectivity index (χ2v) is 13.1. The first-order chi connectivity index (χ1) is 18.9. The van der Waals surface area contributed by atoms with Crippen LogP contribution in [0.2, 0.25) is 0 Å². The molecule has 40 heavy (non-hydrogen) atoms. The Hall–Kier alpha value is -4.00. The number of hydrogen-bond donors (Lipinski definition) is 1. The molecule has 0 saturated heterocycles. The lowest BCUT2D eigenvalue weighted by atomic mass is 10.0. The fourth-order valence-corrected chi connectivity index (χ4v) is 5.41. The fraction of sp³-hybridized carbons (Fsp3) is 0.444. The zero-order valence-electron chi connectivity index (χ0n) is 23.3. The van der Waals surface area contributed by atoms with Crippen LogP contribution in [0.5, 0.6) is 5.88 Å². The molecule has 0 fully saturated rings. The van der Waals surface area contributed by atoms with Gasteiger partial charge in [-0.1, -0.05) is 0 Å². The van der Waals surface area contributed by atoms with Gasteiger partial charge < -0.3 is 19.7 Å². The van der Waals surface area contributed by atoms with Crippen LogP contribution in [0.25, 0.3) is 0 Å². The van der Waals surface area contributed by atoms with E-state index in [1.165, 1.54) is 6.26 Å². The second kappa shape index (κ2) is 10.5. The van der Waals surface area contributed by atoms with Crippen molar-refractivity contribution >= 4 is 38.9 Å². The van der Waals surface area contributed by atoms with Crippen LogP contribution in [0, 0.1) is 6.92 Å². The highest BCUT2D eigenvalue weighted by atomic mass is 32.2. The maximum atomic E-state index is 13.0. The van der Waals surface area contributed by atoms with Gasteiger partial charge in [-0.2, -0.15) is 0 Å². The van der Waals surface area contributed by atoms with Crippen molar-refractivity contribution in [2.75, 3.05) is 41.1 Å². The number of aromatic nitrogens is 4. The summed E-state index contributed by atoms with van der Waals surface area (Å²) in [6.07, 6.45) is 6.67. The number of fused-ring (bicyclic) bond motifs is 2. The summed E-state index contributed by atoms with van der Waals surface area (Å²) in [6.45, 7) is 9.49. The number of ether oxygens (including phenoxy) is 2. The molecule has 5 rings (SSSR count). The smallest absolute Gasteiger partial charge is 0.415 e. The van der Waals surface area contributed by atoms with Gasteiger partial charge in [0.15, 0.2) is 9.84 Å². The summed E-state index contributed by atoms with van der Waals surface area (Å²) < 4.78 is 34.5. The van der Waals surface area contributed by atoms with Crippen molar-refractivity contribution in [2.24, 2.45) is 0 Å². The minimum Gasteiger partial charge on any atom is -0.474 e. The van der Waals surface area contributed by atoms with Crippen LogP contribution in [0.4, 0.5) is 27.8 Å². The number of nitrogens with zero attached hydrogens (tertiary/aromatic N) is 6. The van der Waals surface area contributed by atoms with E-state index in [0.717, 1.165) is 35.5 Å². The monoisotopic (exact) mass is 567 g/mol. The Morgan fingerprint density at radius 1 is 1.12 bits per heavy atom. The molecule has 0 saturated carbocycles. The first-order valence-corrected chi connectivity index (χ1v) is 15.0. The normalized spacial score (nSPS) is 15.1. The number of carbonyl (C=O) groups excluding carboxylic acids is 1. The van der Waals surface area contributed by atoms with E-state index in [1.54, 1.807) is 29.4 Å². The Bertz CT molecular complexity index is 1540. The van der Waals surface area contributed by atoms with Crippen LogP contribution in [-0.2, 0) is 33.3 Å². The Morgan fingerprint density at radius 3 is 2.62 bits per heavy atom. The quantitative estimate of drug-likeness (QED) is 0.484. The Labute approximate surface area is 233 Å². The topological polar surface area (TPSA) is 140 Å². The molecule has 2 aliphatic heterocycles. The van der Waals surface area contributed by atoms with Crippen LogP contribution in [0.3, 0.4) is 0 Å². The number of hydrogen-bond acceptors (Lipinski definition) is 11. The van der Waals surface area contributed by atoms with Crippen LogP contribution in [0.15, 0.2) is 30.7 Å². The van der Waals surface area contributed by atoms with E-state index < -0.39 is 21.5 Å². The third-order valence-electron chi connectivity index (χ3n) is 6.46. The number of sulfone groups is 1. The first kappa shape index (κ1) is 27.6. The molecule has 0 unspecified atom stereocenters. The lowest BCUT2D eigenvalue weighted by Crippen LogP contribution is -2.42. The van der Waals surface area contributed by atoms with Gasteiger partial charge in [0.25, 0.3) is 0 Å². The predicted octanol–water partition coefficient (Wildman–Crippen LogP) is 3.56. The van der Waals surface area contributed by atoms with Crippen molar-refractivity contribution < 1.29 is 22.7 Å². The molecule has 0 atom stereocenters. The number of nitrogens with one attached hydrogen (secondary N) is 1. The largest absolute Gasteiger partial charge is 0.474 e. The molecule has 212 valence electrons. The molecule has 2 aliphatic rings. The van der Waals surface area contributed by atoms with Crippen molar-refractivity contribution in [3.8, 4) is 5.88 Å².